The van der Waals surface area contributed by atoms with E-state index in [9.17, 15) is 14.9 Å². The van der Waals surface area contributed by atoms with Crippen LogP contribution in [0, 0.1) is 11.3 Å². The van der Waals surface area contributed by atoms with Crippen LogP contribution in [0.15, 0.2) is 41.2 Å². The van der Waals surface area contributed by atoms with Crippen molar-refractivity contribution < 1.29 is 4.79 Å². The SMILES string of the molecule is CN(C)CCNC(=O)c1cc(N2CCC[C@@H](N)C2)c2c(c1)n(C)c(=O)n2Cc1ccccc1C#N. The third kappa shape index (κ3) is 5.09. The summed E-state index contributed by atoms with van der Waals surface area (Å²) < 4.78 is 3.28. The predicted octanol–water partition coefficient (Wildman–Crippen LogP) is 1.48. The smallest absolute Gasteiger partial charge is 0.329 e. The second-order valence-corrected chi connectivity index (χ2v) is 9.47. The first-order chi connectivity index (χ1) is 16.8. The molecule has 4 rings (SSSR count). The summed E-state index contributed by atoms with van der Waals surface area (Å²) in [5.74, 6) is -0.175. The highest BCUT2D eigenvalue weighted by atomic mass is 16.2. The van der Waals surface area contributed by atoms with Gasteiger partial charge in [0.15, 0.2) is 0 Å². The number of nitriles is 1. The summed E-state index contributed by atoms with van der Waals surface area (Å²) in [6.07, 6.45) is 1.89. The minimum absolute atomic E-state index is 0.0274. The number of amides is 1. The molecule has 1 atom stereocenters. The number of nitrogens with two attached hydrogens (primary N) is 1. The first-order valence-corrected chi connectivity index (χ1v) is 11.9. The molecule has 0 saturated carbocycles. The molecular weight excluding hydrogens is 442 g/mol. The molecule has 1 saturated heterocycles. The van der Waals surface area contributed by atoms with Crippen molar-refractivity contribution in [3.63, 3.8) is 0 Å². The van der Waals surface area contributed by atoms with E-state index in [0.29, 0.717) is 29.7 Å². The number of likely N-dealkylation sites (N-methyl/N-ethyl adjacent to an activating group) is 1. The van der Waals surface area contributed by atoms with E-state index in [1.807, 2.05) is 43.3 Å². The molecule has 184 valence electrons. The van der Waals surface area contributed by atoms with E-state index in [4.69, 9.17) is 5.73 Å². The second kappa shape index (κ2) is 10.3. The van der Waals surface area contributed by atoms with Crippen LogP contribution in [0.25, 0.3) is 11.0 Å². The predicted molar refractivity (Wildman–Crippen MR) is 138 cm³/mol. The maximum Gasteiger partial charge on any atom is 0.329 e. The number of aryl methyl sites for hydroxylation is 1. The van der Waals surface area contributed by atoms with Gasteiger partial charge in [0.25, 0.3) is 5.91 Å². The normalized spacial score (nSPS) is 16.0. The summed E-state index contributed by atoms with van der Waals surface area (Å²) in [6, 6.07) is 13.2. The number of nitrogens with zero attached hydrogens (tertiary/aromatic N) is 5. The monoisotopic (exact) mass is 475 g/mol. The third-order valence-electron chi connectivity index (χ3n) is 6.59. The van der Waals surface area contributed by atoms with Crippen molar-refractivity contribution in [3.8, 4) is 6.07 Å². The molecule has 1 aromatic heterocycles. The van der Waals surface area contributed by atoms with Gasteiger partial charge in [-0.2, -0.15) is 5.26 Å². The molecule has 3 N–H and O–H groups in total. The van der Waals surface area contributed by atoms with Crippen LogP contribution in [-0.4, -0.2) is 66.3 Å². The molecule has 2 aromatic carbocycles. The highest BCUT2D eigenvalue weighted by Crippen LogP contribution is 2.31. The van der Waals surface area contributed by atoms with Gasteiger partial charge in [-0.3, -0.25) is 13.9 Å². The Morgan fingerprint density at radius 1 is 1.29 bits per heavy atom. The fourth-order valence-corrected chi connectivity index (χ4v) is 4.70. The van der Waals surface area contributed by atoms with Crippen molar-refractivity contribution >= 4 is 22.6 Å². The van der Waals surface area contributed by atoms with Gasteiger partial charge in [0, 0.05) is 44.8 Å². The molecule has 1 fully saturated rings. The van der Waals surface area contributed by atoms with Crippen LogP contribution >= 0.6 is 0 Å². The first-order valence-electron chi connectivity index (χ1n) is 11.9. The van der Waals surface area contributed by atoms with Gasteiger partial charge >= 0.3 is 5.69 Å². The Hall–Kier alpha value is -3.61. The third-order valence-corrected chi connectivity index (χ3v) is 6.59. The summed E-state index contributed by atoms with van der Waals surface area (Å²) in [7, 11) is 5.63. The van der Waals surface area contributed by atoms with Crippen molar-refractivity contribution in [2.24, 2.45) is 12.8 Å². The van der Waals surface area contributed by atoms with E-state index in [1.165, 1.54) is 0 Å². The van der Waals surface area contributed by atoms with Crippen molar-refractivity contribution in [1.82, 2.24) is 19.4 Å². The Kier molecular flexibility index (Phi) is 7.24. The average Bonchev–Trinajstić information content (AvgIpc) is 3.08. The average molecular weight is 476 g/mol. The van der Waals surface area contributed by atoms with Gasteiger partial charge in [0.05, 0.1) is 34.9 Å². The molecule has 2 heterocycles. The molecule has 35 heavy (non-hydrogen) atoms. The number of hydrogen-bond acceptors (Lipinski definition) is 6. The van der Waals surface area contributed by atoms with Crippen LogP contribution in [0.3, 0.4) is 0 Å². The van der Waals surface area contributed by atoms with Gasteiger partial charge < -0.3 is 20.9 Å². The minimum Gasteiger partial charge on any atom is -0.368 e. The quantitative estimate of drug-likeness (QED) is 0.535. The number of hydrogen-bond donors (Lipinski definition) is 2. The standard InChI is InChI=1S/C26H33N7O2/c1-30(2)12-10-29-25(34)20-13-22-24(23(14-20)32-11-6-9-21(28)17-32)33(26(35)31(22)3)16-19-8-5-4-7-18(19)15-27/h4-5,7-8,13-14,21H,6,9-12,16-17,28H2,1-3H3,(H,29,34)/t21-/m1/s1. The van der Waals surface area contributed by atoms with Crippen LogP contribution in [0.1, 0.15) is 34.3 Å². The lowest BCUT2D eigenvalue weighted by molar-refractivity contribution is 0.0951. The molecule has 1 aliphatic heterocycles. The molecule has 1 aliphatic rings. The van der Waals surface area contributed by atoms with E-state index in [0.717, 1.165) is 42.7 Å². The zero-order valence-electron chi connectivity index (χ0n) is 20.6. The van der Waals surface area contributed by atoms with Crippen LogP contribution in [0.2, 0.25) is 0 Å². The van der Waals surface area contributed by atoms with Gasteiger partial charge in [-0.1, -0.05) is 18.2 Å². The largest absolute Gasteiger partial charge is 0.368 e. The van der Waals surface area contributed by atoms with E-state index in [2.05, 4.69) is 16.3 Å². The van der Waals surface area contributed by atoms with Crippen molar-refractivity contribution in [2.75, 3.05) is 45.2 Å². The zero-order valence-corrected chi connectivity index (χ0v) is 20.6. The summed E-state index contributed by atoms with van der Waals surface area (Å²) in [5.41, 5.74) is 10.2. The molecule has 0 bridgehead atoms. The molecular formula is C26H33N7O2. The summed E-state index contributed by atoms with van der Waals surface area (Å²) in [6.45, 7) is 2.97. The number of benzene rings is 2. The summed E-state index contributed by atoms with van der Waals surface area (Å²) in [4.78, 5) is 30.6. The van der Waals surface area contributed by atoms with Crippen molar-refractivity contribution in [1.29, 1.82) is 5.26 Å². The van der Waals surface area contributed by atoms with Gasteiger partial charge in [0.2, 0.25) is 0 Å². The molecule has 0 unspecified atom stereocenters. The lowest BCUT2D eigenvalue weighted by atomic mass is 10.0. The summed E-state index contributed by atoms with van der Waals surface area (Å²) in [5, 5.41) is 12.5. The Morgan fingerprint density at radius 2 is 2.06 bits per heavy atom. The number of imidazole rings is 1. The van der Waals surface area contributed by atoms with Crippen molar-refractivity contribution in [3.05, 3.63) is 63.6 Å². The molecule has 0 aliphatic carbocycles. The van der Waals surface area contributed by atoms with Gasteiger partial charge in [-0.15, -0.1) is 0 Å². The number of anilines is 1. The van der Waals surface area contributed by atoms with E-state index in [-0.39, 0.29) is 24.2 Å². The molecule has 9 nitrogen and oxygen atoms in total. The molecule has 0 spiro atoms. The van der Waals surface area contributed by atoms with Crippen LogP contribution in [0.4, 0.5) is 5.69 Å². The maximum absolute atomic E-state index is 13.4. The number of aromatic nitrogens is 2. The number of piperidine rings is 1. The Morgan fingerprint density at radius 3 is 2.77 bits per heavy atom. The zero-order chi connectivity index (χ0) is 25.1. The van der Waals surface area contributed by atoms with Gasteiger partial charge in [-0.25, -0.2) is 4.79 Å². The Bertz CT molecular complexity index is 1330. The maximum atomic E-state index is 13.4. The van der Waals surface area contributed by atoms with E-state index >= 15 is 0 Å². The molecule has 1 amide bonds. The van der Waals surface area contributed by atoms with E-state index in [1.54, 1.807) is 28.3 Å². The molecule has 3 aromatic rings. The summed E-state index contributed by atoms with van der Waals surface area (Å²) >= 11 is 0. The highest BCUT2D eigenvalue weighted by Gasteiger charge is 2.25. The lowest BCUT2D eigenvalue weighted by Crippen LogP contribution is -2.43. The first kappa shape index (κ1) is 24.5. The lowest BCUT2D eigenvalue weighted by Gasteiger charge is -2.33. The molecule has 9 heteroatoms. The fourth-order valence-electron chi connectivity index (χ4n) is 4.70. The van der Waals surface area contributed by atoms with Crippen LogP contribution in [0.5, 0.6) is 0 Å². The Labute approximate surface area is 205 Å². The number of rotatable bonds is 7. The number of carbonyl (C=O) groups excluding carboxylic acids is 1. The van der Waals surface area contributed by atoms with Crippen molar-refractivity contribution in [2.45, 2.75) is 25.4 Å². The second-order valence-electron chi connectivity index (χ2n) is 9.47. The number of carbonyl (C=O) groups is 1. The van der Waals surface area contributed by atoms with E-state index < -0.39 is 0 Å². The minimum atomic E-state index is -0.194. The number of nitrogens with one attached hydrogen (secondary N) is 1. The van der Waals surface area contributed by atoms with Gasteiger partial charge in [0.1, 0.15) is 0 Å². The fraction of sp³-hybridized carbons (Fsp3) is 0.423. The molecule has 0 radical (unpaired) electrons. The van der Waals surface area contributed by atoms with Gasteiger partial charge in [-0.05, 0) is 50.7 Å². The topological polar surface area (TPSA) is 112 Å². The van der Waals surface area contributed by atoms with Crippen LogP contribution in [-0.2, 0) is 13.6 Å². The highest BCUT2D eigenvalue weighted by molar-refractivity contribution is 6.02. The number of fused-ring (bicyclic) bond motifs is 1. The van der Waals surface area contributed by atoms with Crippen LogP contribution < -0.4 is 21.6 Å². The Balaban J connectivity index is 1.85.